The molecule has 1 spiro atoms. The second-order valence-electron chi connectivity index (χ2n) is 19.8. The molecule has 2 aliphatic heterocycles. The molecule has 8 aromatic rings. The van der Waals surface area contributed by atoms with E-state index in [-0.39, 0.29) is 23.3 Å². The third kappa shape index (κ3) is 8.45. The Bertz CT molecular complexity index is 3360. The summed E-state index contributed by atoms with van der Waals surface area (Å²) in [4.78, 5) is 34.1. The number of halogens is 3. The number of benzene rings is 5. The molecule has 11 rings (SSSR count). The number of nitrogen functional groups attached to an aromatic ring is 1. The van der Waals surface area contributed by atoms with Crippen LogP contribution < -0.4 is 20.3 Å². The van der Waals surface area contributed by atoms with Crippen molar-refractivity contribution in [1.82, 2.24) is 23.8 Å². The Labute approximate surface area is 422 Å². The molecule has 73 heavy (non-hydrogen) atoms. The van der Waals surface area contributed by atoms with Crippen molar-refractivity contribution in [1.29, 1.82) is 0 Å². The van der Waals surface area contributed by atoms with Crippen LogP contribution in [0.15, 0.2) is 152 Å². The minimum absolute atomic E-state index is 0.0662. The number of carbonyl (C=O) groups is 1. The standard InChI is InChI=1S/C57H54F3N9O3S/c1-3-66(2)73(71,72)65-49-21-20-47(58)51(52(49)60)53(70)46-34-69(57(41-13-7-4-8-14-41,42-15-9-5-10-16-42)43-17-11-6-12-18-43)54-45(46)27-38(31-62-54)40-32-63-55(64-33-40)68-35-56(36-68)29-39(30-56)37-23-25-67(26-24-37)50-22-19-44(61)28-48(50)59/h4-22,27-28,31-34,37,39,65H,3,23-26,29-30,35-36,61H2,1-2H3. The van der Waals surface area contributed by atoms with Gasteiger partial charge in [-0.05, 0) is 90.6 Å². The van der Waals surface area contributed by atoms with E-state index in [4.69, 9.17) is 20.7 Å². The Morgan fingerprint density at radius 3 is 1.92 bits per heavy atom. The molecule has 1 saturated carbocycles. The lowest BCUT2D eigenvalue weighted by molar-refractivity contribution is -0.0156. The van der Waals surface area contributed by atoms with Crippen LogP contribution in [0.1, 0.15) is 65.2 Å². The van der Waals surface area contributed by atoms with Gasteiger partial charge in [-0.2, -0.15) is 12.7 Å². The third-order valence-corrected chi connectivity index (χ3v) is 17.0. The number of hydrogen-bond acceptors (Lipinski definition) is 9. The van der Waals surface area contributed by atoms with Crippen molar-refractivity contribution >= 4 is 50.0 Å². The van der Waals surface area contributed by atoms with Crippen LogP contribution in [0.25, 0.3) is 22.2 Å². The van der Waals surface area contributed by atoms with Gasteiger partial charge in [-0.1, -0.05) is 97.9 Å². The van der Waals surface area contributed by atoms with Crippen LogP contribution in [0.5, 0.6) is 0 Å². The van der Waals surface area contributed by atoms with Crippen LogP contribution in [-0.4, -0.2) is 77.8 Å². The van der Waals surface area contributed by atoms with Gasteiger partial charge < -0.3 is 20.1 Å². The molecule has 1 aliphatic carbocycles. The number of pyridine rings is 1. The van der Waals surface area contributed by atoms with Gasteiger partial charge in [-0.25, -0.2) is 28.1 Å². The summed E-state index contributed by atoms with van der Waals surface area (Å²) in [6.45, 7) is 5.08. The summed E-state index contributed by atoms with van der Waals surface area (Å²) < 4.78 is 78.6. The normalized spacial score (nSPS) is 16.2. The minimum atomic E-state index is -4.24. The lowest BCUT2D eigenvalue weighted by atomic mass is 9.53. The highest BCUT2D eigenvalue weighted by atomic mass is 32.2. The molecule has 5 heterocycles. The van der Waals surface area contributed by atoms with Crippen LogP contribution in [0.4, 0.5) is 36.2 Å². The van der Waals surface area contributed by atoms with Gasteiger partial charge in [0.2, 0.25) is 11.7 Å². The predicted molar refractivity (Wildman–Crippen MR) is 279 cm³/mol. The van der Waals surface area contributed by atoms with Crippen molar-refractivity contribution in [3.63, 3.8) is 0 Å². The Morgan fingerprint density at radius 1 is 0.753 bits per heavy atom. The molecule has 0 radical (unpaired) electrons. The number of rotatable bonds is 14. The second kappa shape index (κ2) is 18.8. The summed E-state index contributed by atoms with van der Waals surface area (Å²) in [6, 6.07) is 37.8. The van der Waals surface area contributed by atoms with Crippen molar-refractivity contribution in [2.75, 3.05) is 60.0 Å². The lowest BCUT2D eigenvalue weighted by Crippen LogP contribution is -2.64. The Hall–Kier alpha value is -7.56. The highest BCUT2D eigenvalue weighted by molar-refractivity contribution is 7.90. The van der Waals surface area contributed by atoms with E-state index in [9.17, 15) is 12.8 Å². The molecule has 3 N–H and O–H groups in total. The smallest absolute Gasteiger partial charge is 0.301 e. The number of anilines is 4. The van der Waals surface area contributed by atoms with Gasteiger partial charge in [-0.15, -0.1) is 0 Å². The van der Waals surface area contributed by atoms with E-state index in [0.717, 1.165) is 85.0 Å². The van der Waals surface area contributed by atoms with Crippen LogP contribution in [0.3, 0.4) is 0 Å². The third-order valence-electron chi connectivity index (χ3n) is 15.5. The van der Waals surface area contributed by atoms with E-state index in [1.54, 1.807) is 49.9 Å². The van der Waals surface area contributed by atoms with Crippen LogP contribution in [-0.2, 0) is 15.7 Å². The largest absolute Gasteiger partial charge is 0.399 e. The summed E-state index contributed by atoms with van der Waals surface area (Å²) in [5.41, 5.74) is 8.32. The zero-order valence-electron chi connectivity index (χ0n) is 40.4. The van der Waals surface area contributed by atoms with Crippen molar-refractivity contribution in [2.45, 2.75) is 38.1 Å². The number of piperidine rings is 1. The molecule has 3 aliphatic rings. The Balaban J connectivity index is 0.922. The summed E-state index contributed by atoms with van der Waals surface area (Å²) in [5.74, 6) is -1.93. The van der Waals surface area contributed by atoms with Gasteiger partial charge in [0.15, 0.2) is 5.82 Å². The first-order chi connectivity index (χ1) is 35.3. The van der Waals surface area contributed by atoms with Crippen LogP contribution >= 0.6 is 0 Å². The summed E-state index contributed by atoms with van der Waals surface area (Å²) in [6.07, 6.45) is 11.1. The summed E-state index contributed by atoms with van der Waals surface area (Å²) in [5, 5.41) is 0.293. The number of nitrogens with two attached hydrogens (primary N) is 1. The Kier molecular flexibility index (Phi) is 12.3. The highest BCUT2D eigenvalue weighted by Crippen LogP contribution is 2.56. The number of ketones is 1. The average Bonchev–Trinajstić information content (AvgIpc) is 3.77. The van der Waals surface area contributed by atoms with Gasteiger partial charge in [0.1, 0.15) is 22.8 Å². The molecule has 372 valence electrons. The minimum Gasteiger partial charge on any atom is -0.399 e. The van der Waals surface area contributed by atoms with Gasteiger partial charge in [0, 0.05) is 92.2 Å². The van der Waals surface area contributed by atoms with E-state index in [1.165, 1.54) is 13.1 Å². The van der Waals surface area contributed by atoms with Crippen LogP contribution in [0.2, 0.25) is 0 Å². The fourth-order valence-corrected chi connectivity index (χ4v) is 12.5. The number of fused-ring (bicyclic) bond motifs is 1. The topological polar surface area (TPSA) is 143 Å². The van der Waals surface area contributed by atoms with Crippen molar-refractivity contribution < 1.29 is 26.4 Å². The molecule has 2 saturated heterocycles. The summed E-state index contributed by atoms with van der Waals surface area (Å²) >= 11 is 0. The van der Waals surface area contributed by atoms with Gasteiger partial charge in [-0.3, -0.25) is 9.52 Å². The molecule has 12 nitrogen and oxygen atoms in total. The molecular formula is C57H54F3N9O3S. The zero-order valence-corrected chi connectivity index (χ0v) is 41.2. The van der Waals surface area contributed by atoms with Crippen LogP contribution in [0, 0.1) is 34.7 Å². The van der Waals surface area contributed by atoms with Crippen molar-refractivity contribution in [3.05, 3.63) is 197 Å². The maximum atomic E-state index is 16.7. The average molecular weight is 1000 g/mol. The zero-order chi connectivity index (χ0) is 50.6. The lowest BCUT2D eigenvalue weighted by Gasteiger charge is -2.61. The second-order valence-corrected chi connectivity index (χ2v) is 21.6. The summed E-state index contributed by atoms with van der Waals surface area (Å²) in [7, 11) is -2.93. The number of hydrogen-bond donors (Lipinski definition) is 2. The molecule has 5 aromatic carbocycles. The number of aromatic nitrogens is 4. The molecule has 3 fully saturated rings. The monoisotopic (exact) mass is 1000 g/mol. The first-order valence-corrected chi connectivity index (χ1v) is 26.0. The molecule has 3 aromatic heterocycles. The predicted octanol–water partition coefficient (Wildman–Crippen LogP) is 10.3. The number of nitrogens with zero attached hydrogens (tertiary/aromatic N) is 7. The first-order valence-electron chi connectivity index (χ1n) is 24.6. The molecule has 0 unspecified atom stereocenters. The van der Waals surface area contributed by atoms with E-state index in [1.807, 2.05) is 95.6 Å². The fourth-order valence-electron chi connectivity index (χ4n) is 11.6. The van der Waals surface area contributed by atoms with E-state index in [2.05, 4.69) is 14.5 Å². The first kappa shape index (κ1) is 47.7. The molecule has 0 amide bonds. The quantitative estimate of drug-likeness (QED) is 0.0618. The number of nitrogens with one attached hydrogen (secondary N) is 1. The maximum Gasteiger partial charge on any atom is 0.301 e. The van der Waals surface area contributed by atoms with Crippen molar-refractivity contribution in [2.24, 2.45) is 17.3 Å². The van der Waals surface area contributed by atoms with E-state index in [0.29, 0.717) is 51.3 Å². The van der Waals surface area contributed by atoms with E-state index >= 15 is 13.6 Å². The van der Waals surface area contributed by atoms with E-state index < -0.39 is 44.4 Å². The van der Waals surface area contributed by atoms with Gasteiger partial charge >= 0.3 is 10.2 Å². The highest BCUT2D eigenvalue weighted by Gasteiger charge is 2.54. The fraction of sp³-hybridized carbons (Fsp3) is 0.263. The SMILES string of the molecule is CCN(C)S(=O)(=O)Nc1ccc(F)c(C(=O)c2cn(C(c3ccccc3)(c3ccccc3)c3ccccc3)c3ncc(-c4cnc(N5CC6(CC(C7CCN(c8ccc(N)cc8F)CC7)C6)C5)nc4)cc23)c1F. The van der Waals surface area contributed by atoms with Gasteiger partial charge in [0.05, 0.1) is 22.5 Å². The van der Waals surface area contributed by atoms with Gasteiger partial charge in [0.25, 0.3) is 0 Å². The Morgan fingerprint density at radius 2 is 1.34 bits per heavy atom. The molecule has 0 atom stereocenters. The number of carbonyl (C=O) groups excluding carboxylic acids is 1. The molecular weight excluding hydrogens is 948 g/mol. The van der Waals surface area contributed by atoms with Crippen molar-refractivity contribution in [3.8, 4) is 11.1 Å². The molecule has 16 heteroatoms. The molecule has 0 bridgehead atoms. The maximum absolute atomic E-state index is 16.7.